The van der Waals surface area contributed by atoms with Gasteiger partial charge in [-0.3, -0.25) is 0 Å². The zero-order valence-corrected chi connectivity index (χ0v) is 52.9. The monoisotopic (exact) mass is 1350 g/mol. The molecule has 0 spiro atoms. The van der Waals surface area contributed by atoms with Gasteiger partial charge in [0.15, 0.2) is 0 Å². The Labute approximate surface area is 500 Å². The van der Waals surface area contributed by atoms with Crippen molar-refractivity contribution in [3.05, 3.63) is 276 Å². The molecule has 0 radical (unpaired) electrons. The van der Waals surface area contributed by atoms with Gasteiger partial charge in [-0.1, -0.05) is 142 Å². The first kappa shape index (κ1) is 73.7. The first-order valence-corrected chi connectivity index (χ1v) is 27.4. The minimum Gasteiger partial charge on any atom is -0.207 e. The second kappa shape index (κ2) is 34.3. The van der Waals surface area contributed by atoms with E-state index in [1.807, 2.05) is 45.9 Å². The van der Waals surface area contributed by atoms with Crippen molar-refractivity contribution >= 4 is 59.4 Å². The summed E-state index contributed by atoms with van der Waals surface area (Å²) in [6.45, 7) is 26.0. The lowest BCUT2D eigenvalue weighted by Gasteiger charge is -2.09. The summed E-state index contributed by atoms with van der Waals surface area (Å²) < 4.78 is 149. The molecule has 0 amide bonds. The fourth-order valence-electron chi connectivity index (χ4n) is 6.69. The molecule has 0 aliphatic heterocycles. The Kier molecular flexibility index (Phi) is 31.2. The normalized spacial score (nSPS) is 10.6. The summed E-state index contributed by atoms with van der Waals surface area (Å²) in [5.74, 6) is -0.901. The molecule has 81 heavy (non-hydrogen) atoms. The van der Waals surface area contributed by atoms with Crippen LogP contribution in [0.3, 0.4) is 0 Å². The highest BCUT2D eigenvalue weighted by Gasteiger charge is 2.33. The van der Waals surface area contributed by atoms with E-state index in [0.717, 1.165) is 73.2 Å². The number of aryl methyl sites for hydroxylation is 14. The van der Waals surface area contributed by atoms with Gasteiger partial charge in [0.25, 0.3) is 0 Å². The summed E-state index contributed by atoms with van der Waals surface area (Å²) in [6, 6.07) is 38.8. The molecular formula is C65H66Br3ClF12. The van der Waals surface area contributed by atoms with Crippen molar-refractivity contribution in [2.24, 2.45) is 0 Å². The van der Waals surface area contributed by atoms with Gasteiger partial charge < -0.3 is 0 Å². The maximum Gasteiger partial charge on any atom is 0.416 e. The minimum atomic E-state index is -4.39. The van der Waals surface area contributed by atoms with Crippen molar-refractivity contribution in [2.75, 3.05) is 0 Å². The molecule has 0 aliphatic carbocycles. The highest BCUT2D eigenvalue weighted by atomic mass is 79.9. The van der Waals surface area contributed by atoms with Gasteiger partial charge in [0.2, 0.25) is 0 Å². The van der Waals surface area contributed by atoms with Gasteiger partial charge in [0, 0.05) is 18.4 Å². The summed E-state index contributed by atoms with van der Waals surface area (Å²) in [4.78, 5) is 0. The van der Waals surface area contributed by atoms with E-state index in [4.69, 9.17) is 11.6 Å². The smallest absolute Gasteiger partial charge is 0.207 e. The van der Waals surface area contributed by atoms with E-state index in [1.54, 1.807) is 26.0 Å². The third kappa shape index (κ3) is 29.0. The van der Waals surface area contributed by atoms with Gasteiger partial charge in [0.1, 0.15) is 17.5 Å². The van der Waals surface area contributed by atoms with Crippen LogP contribution < -0.4 is 0 Å². The van der Waals surface area contributed by atoms with Crippen LogP contribution in [0.2, 0.25) is 5.02 Å². The van der Waals surface area contributed by atoms with Gasteiger partial charge in [0.05, 0.1) is 16.7 Å². The fourth-order valence-corrected chi connectivity index (χ4v) is 8.01. The molecule has 16 heteroatoms. The molecular weight excluding hydrogens is 1280 g/mol. The maximum atomic E-state index is 12.5. The summed E-state index contributed by atoms with van der Waals surface area (Å²) >= 11 is 15.7. The van der Waals surface area contributed by atoms with Crippen molar-refractivity contribution in [1.82, 2.24) is 0 Å². The molecule has 0 nitrogen and oxygen atoms in total. The third-order valence-corrected chi connectivity index (χ3v) is 13.8. The van der Waals surface area contributed by atoms with Gasteiger partial charge in [-0.25, -0.2) is 13.2 Å². The van der Waals surface area contributed by atoms with Crippen molar-refractivity contribution in [3.8, 4) is 0 Å². The van der Waals surface area contributed by atoms with E-state index in [0.29, 0.717) is 4.47 Å². The van der Waals surface area contributed by atoms with Crippen LogP contribution in [0.15, 0.2) is 159 Å². The minimum absolute atomic E-state index is 0.00447. The lowest BCUT2D eigenvalue weighted by atomic mass is 10.1. The Balaban J connectivity index is 0.000000464. The Morgan fingerprint density at radius 3 is 1.00 bits per heavy atom. The number of alkyl halides is 9. The standard InChI is InChI=1S/C9H9F3.C8H6BrF3.2C8H9Br.C8H9Cl.C8H6F4.2C8H9F/c1-6-3-4-8(7(2)5-6)9(10,11)12;1-5-4-6(9)2-3-7(5)8(10,11)12;1-6-3-4-8(9)5-7(6)2;2*1-6-3-4-8(9)7(2)5-6;1-5-4-6(8(10,11)12)2-3-7(5)9;1-6-3-4-8(9)5-7(6)2;1-6-3-4-8(9)7(2)5-6/h3-5H,1-2H3;2-4H,1H3;3*3-5H,1-2H3;2-4H,1H3;2*3-5H,1-2H3. The highest BCUT2D eigenvalue weighted by molar-refractivity contribution is 9.11. The molecule has 0 bridgehead atoms. The van der Waals surface area contributed by atoms with Crippen molar-refractivity contribution in [2.45, 2.75) is 115 Å². The molecule has 8 aromatic carbocycles. The average molecular weight is 1350 g/mol. The second-order valence-corrected chi connectivity index (χ2v) is 22.0. The molecule has 0 fully saturated rings. The lowest BCUT2D eigenvalue weighted by Crippen LogP contribution is -2.07. The quantitative estimate of drug-likeness (QED) is 0.133. The van der Waals surface area contributed by atoms with Crippen LogP contribution in [0.1, 0.15) is 94.6 Å². The molecule has 438 valence electrons. The molecule has 0 aromatic heterocycles. The van der Waals surface area contributed by atoms with Gasteiger partial charge in [-0.15, -0.1) is 0 Å². The topological polar surface area (TPSA) is 0 Å². The molecule has 0 aliphatic rings. The predicted molar refractivity (Wildman–Crippen MR) is 321 cm³/mol. The second-order valence-electron chi connectivity index (χ2n) is 18.9. The van der Waals surface area contributed by atoms with E-state index < -0.39 is 41.0 Å². The molecule has 0 unspecified atom stereocenters. The molecule has 0 saturated heterocycles. The number of benzene rings is 8. The maximum absolute atomic E-state index is 12.5. The SMILES string of the molecule is Cc1cc(Br)ccc1C(F)(F)F.Cc1cc(C(F)(F)F)ccc1F.Cc1ccc(Br)c(C)c1.Cc1ccc(Br)cc1C.Cc1ccc(C(F)(F)F)c(C)c1.Cc1ccc(Cl)c(C)c1.Cc1ccc(F)c(C)c1.Cc1ccc(F)cc1C. The number of rotatable bonds is 0. The first-order chi connectivity index (χ1) is 37.2. The van der Waals surface area contributed by atoms with Crippen LogP contribution in [0.4, 0.5) is 52.7 Å². The van der Waals surface area contributed by atoms with Crippen LogP contribution in [0.25, 0.3) is 0 Å². The number of hydrogen-bond donors (Lipinski definition) is 0. The molecule has 0 heterocycles. The number of halogens is 16. The molecule has 8 aromatic rings. The van der Waals surface area contributed by atoms with Crippen molar-refractivity contribution in [1.29, 1.82) is 0 Å². The average Bonchev–Trinajstić information content (AvgIpc) is 3.37. The molecule has 8 rings (SSSR count). The van der Waals surface area contributed by atoms with E-state index in [9.17, 15) is 52.7 Å². The third-order valence-electron chi connectivity index (χ3n) is 11.5. The summed E-state index contributed by atoms with van der Waals surface area (Å²) in [5.41, 5.74) is 11.1. The Morgan fingerprint density at radius 2 is 0.654 bits per heavy atom. The van der Waals surface area contributed by atoms with Gasteiger partial charge in [-0.05, 0) is 237 Å². The zero-order valence-electron chi connectivity index (χ0n) is 47.4. The van der Waals surface area contributed by atoms with Crippen molar-refractivity contribution < 1.29 is 52.7 Å². The fraction of sp³-hybridized carbons (Fsp3) is 0.262. The molecule has 0 saturated carbocycles. The Hall–Kier alpha value is -5.35. The highest BCUT2D eigenvalue weighted by Crippen LogP contribution is 2.34. The summed E-state index contributed by atoms with van der Waals surface area (Å²) in [6.07, 6.45) is -12.9. The van der Waals surface area contributed by atoms with Gasteiger partial charge in [-0.2, -0.15) is 39.5 Å². The van der Waals surface area contributed by atoms with E-state index in [1.165, 1.54) is 95.5 Å². The molecule has 0 atom stereocenters. The summed E-state index contributed by atoms with van der Waals surface area (Å²) in [7, 11) is 0. The Morgan fingerprint density at radius 1 is 0.296 bits per heavy atom. The van der Waals surface area contributed by atoms with E-state index in [-0.39, 0.29) is 28.3 Å². The van der Waals surface area contributed by atoms with Crippen molar-refractivity contribution in [3.63, 3.8) is 0 Å². The summed E-state index contributed by atoms with van der Waals surface area (Å²) in [5, 5.41) is 0.848. The van der Waals surface area contributed by atoms with Gasteiger partial charge >= 0.3 is 18.5 Å². The lowest BCUT2D eigenvalue weighted by molar-refractivity contribution is -0.138. The number of hydrogen-bond acceptors (Lipinski definition) is 0. The predicted octanol–water partition coefficient (Wildman–Crippen LogP) is 24.2. The largest absolute Gasteiger partial charge is 0.416 e. The van der Waals surface area contributed by atoms with Crippen LogP contribution in [0.5, 0.6) is 0 Å². The van der Waals surface area contributed by atoms with Crippen LogP contribution in [-0.2, 0) is 18.5 Å². The zero-order chi connectivity index (χ0) is 62.3. The van der Waals surface area contributed by atoms with Crippen LogP contribution in [-0.4, -0.2) is 0 Å². The van der Waals surface area contributed by atoms with E-state index in [2.05, 4.69) is 125 Å². The molecule has 0 N–H and O–H groups in total. The Bertz CT molecular complexity index is 2900. The van der Waals surface area contributed by atoms with Crippen LogP contribution in [0, 0.1) is 114 Å². The van der Waals surface area contributed by atoms with E-state index >= 15 is 0 Å². The first-order valence-electron chi connectivity index (χ1n) is 24.7. The van der Waals surface area contributed by atoms with Crippen LogP contribution >= 0.6 is 59.4 Å².